The average Bonchev–Trinajstić information content (AvgIpc) is 3.15. The number of rotatable bonds is 7. The monoisotopic (exact) mass is 468 g/mol. The lowest BCUT2D eigenvalue weighted by molar-refractivity contribution is 0.0728. The molecule has 8 heteroatoms. The van der Waals surface area contributed by atoms with Crippen molar-refractivity contribution >= 4 is 15.7 Å². The zero-order chi connectivity index (χ0) is 23.3. The van der Waals surface area contributed by atoms with Crippen molar-refractivity contribution in [2.75, 3.05) is 33.3 Å². The Morgan fingerprint density at radius 2 is 1.73 bits per heavy atom. The summed E-state index contributed by atoms with van der Waals surface area (Å²) in [6.07, 6.45) is 2.22. The van der Waals surface area contributed by atoms with Crippen molar-refractivity contribution < 1.29 is 22.4 Å². The maximum Gasteiger partial charge on any atom is 0.289 e. The van der Waals surface area contributed by atoms with Crippen molar-refractivity contribution in [3.8, 4) is 5.75 Å². The van der Waals surface area contributed by atoms with E-state index < -0.39 is 9.84 Å². The molecule has 1 saturated heterocycles. The molecule has 0 N–H and O–H groups in total. The van der Waals surface area contributed by atoms with Crippen molar-refractivity contribution in [1.29, 1.82) is 0 Å². The number of nitrogens with zero attached hydrogens (tertiary/aromatic N) is 2. The molecule has 0 spiro atoms. The van der Waals surface area contributed by atoms with Crippen LogP contribution in [0, 0.1) is 0 Å². The van der Waals surface area contributed by atoms with Crippen LogP contribution in [-0.4, -0.2) is 57.4 Å². The number of furan rings is 1. The van der Waals surface area contributed by atoms with E-state index in [1.165, 1.54) is 11.8 Å². The van der Waals surface area contributed by atoms with Gasteiger partial charge >= 0.3 is 0 Å². The van der Waals surface area contributed by atoms with Crippen LogP contribution in [0.1, 0.15) is 28.1 Å². The van der Waals surface area contributed by atoms with Crippen LogP contribution in [0.3, 0.4) is 0 Å². The van der Waals surface area contributed by atoms with Crippen LogP contribution < -0.4 is 4.74 Å². The van der Waals surface area contributed by atoms with E-state index >= 15 is 0 Å². The van der Waals surface area contributed by atoms with Crippen LogP contribution in [0.2, 0.25) is 0 Å². The number of carbonyl (C=O) groups is 1. The lowest BCUT2D eigenvalue weighted by Crippen LogP contribution is -2.35. The normalized spacial score (nSPS) is 15.2. The molecule has 1 aliphatic rings. The highest BCUT2D eigenvalue weighted by Crippen LogP contribution is 2.22. The zero-order valence-corrected chi connectivity index (χ0v) is 19.5. The topological polar surface area (TPSA) is 80.1 Å². The van der Waals surface area contributed by atoms with E-state index in [0.29, 0.717) is 18.7 Å². The number of sulfone groups is 1. The molecule has 3 aromatic rings. The fourth-order valence-corrected chi connectivity index (χ4v) is 5.39. The molecule has 2 aromatic carbocycles. The predicted molar refractivity (Wildman–Crippen MR) is 125 cm³/mol. The van der Waals surface area contributed by atoms with Gasteiger partial charge in [-0.25, -0.2) is 8.42 Å². The van der Waals surface area contributed by atoms with Gasteiger partial charge in [-0.05, 0) is 42.3 Å². The molecule has 7 nitrogen and oxygen atoms in total. The molecule has 0 saturated carbocycles. The Labute approximate surface area is 194 Å². The molecule has 4 rings (SSSR count). The van der Waals surface area contributed by atoms with Gasteiger partial charge in [0.2, 0.25) is 0 Å². The smallest absolute Gasteiger partial charge is 0.289 e. The SMILES string of the molecule is COc1ccc(CN2CCCN(C(=O)c3occc3CS(=O)(=O)c3ccccc3)CC2)cc1. The van der Waals surface area contributed by atoms with Gasteiger partial charge in [-0.3, -0.25) is 9.69 Å². The maximum absolute atomic E-state index is 13.2. The molecule has 0 bridgehead atoms. The summed E-state index contributed by atoms with van der Waals surface area (Å²) in [6.45, 7) is 3.57. The van der Waals surface area contributed by atoms with Crippen LogP contribution in [0.5, 0.6) is 5.75 Å². The van der Waals surface area contributed by atoms with Gasteiger partial charge in [0.1, 0.15) is 5.75 Å². The van der Waals surface area contributed by atoms with Gasteiger partial charge in [0, 0.05) is 38.3 Å². The zero-order valence-electron chi connectivity index (χ0n) is 18.6. The van der Waals surface area contributed by atoms with E-state index in [9.17, 15) is 13.2 Å². The minimum Gasteiger partial charge on any atom is -0.497 e. The molecule has 1 aromatic heterocycles. The molecular weight excluding hydrogens is 440 g/mol. The van der Waals surface area contributed by atoms with Crippen molar-refractivity contribution in [3.05, 3.63) is 83.8 Å². The molecule has 174 valence electrons. The van der Waals surface area contributed by atoms with Gasteiger partial charge in [0.15, 0.2) is 15.6 Å². The Hall–Kier alpha value is -3.10. The largest absolute Gasteiger partial charge is 0.497 e. The predicted octanol–water partition coefficient (Wildman–Crippen LogP) is 3.61. The van der Waals surface area contributed by atoms with Gasteiger partial charge in [0.25, 0.3) is 5.91 Å². The molecule has 0 unspecified atom stereocenters. The van der Waals surface area contributed by atoms with E-state index in [2.05, 4.69) is 17.0 Å². The highest BCUT2D eigenvalue weighted by Gasteiger charge is 2.27. The Kier molecular flexibility index (Phi) is 7.15. The molecule has 1 aliphatic heterocycles. The summed E-state index contributed by atoms with van der Waals surface area (Å²) in [5.41, 5.74) is 1.58. The van der Waals surface area contributed by atoms with Gasteiger partial charge < -0.3 is 14.1 Å². The Morgan fingerprint density at radius 1 is 0.970 bits per heavy atom. The first-order valence-electron chi connectivity index (χ1n) is 10.9. The van der Waals surface area contributed by atoms with Crippen LogP contribution in [0.25, 0.3) is 0 Å². The Balaban J connectivity index is 1.40. The first-order valence-corrected chi connectivity index (χ1v) is 12.6. The van der Waals surface area contributed by atoms with E-state index in [4.69, 9.17) is 9.15 Å². The standard InChI is InChI=1S/C25H28N2O5S/c1-31-22-10-8-20(9-11-22)18-26-13-5-14-27(16-15-26)25(28)24-21(12-17-32-24)19-33(29,30)23-6-3-2-4-7-23/h2-4,6-12,17H,5,13-16,18-19H2,1H3. The summed E-state index contributed by atoms with van der Waals surface area (Å²) in [5.74, 6) is 0.407. The van der Waals surface area contributed by atoms with E-state index in [-0.39, 0.29) is 22.3 Å². The van der Waals surface area contributed by atoms with Gasteiger partial charge in [-0.1, -0.05) is 30.3 Å². The van der Waals surface area contributed by atoms with Crippen molar-refractivity contribution in [3.63, 3.8) is 0 Å². The Morgan fingerprint density at radius 3 is 2.45 bits per heavy atom. The molecule has 0 atom stereocenters. The average molecular weight is 469 g/mol. The first kappa shape index (κ1) is 23.1. The number of hydrogen-bond donors (Lipinski definition) is 0. The number of ether oxygens (including phenoxy) is 1. The molecule has 1 amide bonds. The third-order valence-corrected chi connectivity index (χ3v) is 7.51. The number of hydrogen-bond acceptors (Lipinski definition) is 6. The van der Waals surface area contributed by atoms with Crippen LogP contribution in [-0.2, 0) is 22.1 Å². The lowest BCUT2D eigenvalue weighted by Gasteiger charge is -2.22. The molecule has 1 fully saturated rings. The fraction of sp³-hybridized carbons (Fsp3) is 0.320. The van der Waals surface area contributed by atoms with E-state index in [1.807, 2.05) is 12.1 Å². The highest BCUT2D eigenvalue weighted by molar-refractivity contribution is 7.90. The third kappa shape index (κ3) is 5.64. The number of carbonyl (C=O) groups excluding carboxylic acids is 1. The second kappa shape index (κ2) is 10.2. The van der Waals surface area contributed by atoms with Crippen molar-refractivity contribution in [2.24, 2.45) is 0 Å². The van der Waals surface area contributed by atoms with Gasteiger partial charge in [0.05, 0.1) is 24.0 Å². The number of benzene rings is 2. The quantitative estimate of drug-likeness (QED) is 0.527. The maximum atomic E-state index is 13.2. The number of amides is 1. The number of methoxy groups -OCH3 is 1. The summed E-state index contributed by atoms with van der Waals surface area (Å²) < 4.78 is 36.2. The van der Waals surface area contributed by atoms with Crippen molar-refractivity contribution in [1.82, 2.24) is 9.80 Å². The highest BCUT2D eigenvalue weighted by atomic mass is 32.2. The summed E-state index contributed by atoms with van der Waals surface area (Å²) in [7, 11) is -1.92. The second-order valence-electron chi connectivity index (χ2n) is 8.12. The van der Waals surface area contributed by atoms with E-state index in [0.717, 1.165) is 31.8 Å². The molecule has 0 radical (unpaired) electrons. The summed E-state index contributed by atoms with van der Waals surface area (Å²) in [5, 5.41) is 0. The molecule has 2 heterocycles. The molecule has 33 heavy (non-hydrogen) atoms. The first-order chi connectivity index (χ1) is 16.0. The lowest BCUT2D eigenvalue weighted by atomic mass is 10.2. The summed E-state index contributed by atoms with van der Waals surface area (Å²) in [4.78, 5) is 17.5. The molecule has 0 aliphatic carbocycles. The van der Waals surface area contributed by atoms with E-state index in [1.54, 1.807) is 48.4 Å². The van der Waals surface area contributed by atoms with Crippen LogP contribution >= 0.6 is 0 Å². The fourth-order valence-electron chi connectivity index (χ4n) is 4.02. The Bertz CT molecular complexity index is 1170. The summed E-state index contributed by atoms with van der Waals surface area (Å²) in [6, 6.07) is 17.8. The third-order valence-electron chi connectivity index (χ3n) is 5.83. The minimum atomic E-state index is -3.57. The minimum absolute atomic E-state index is 0.109. The van der Waals surface area contributed by atoms with Gasteiger partial charge in [-0.2, -0.15) is 0 Å². The summed E-state index contributed by atoms with van der Waals surface area (Å²) >= 11 is 0. The van der Waals surface area contributed by atoms with Crippen molar-refractivity contribution in [2.45, 2.75) is 23.6 Å². The van der Waals surface area contributed by atoms with Crippen LogP contribution in [0.15, 0.2) is 76.2 Å². The van der Waals surface area contributed by atoms with Gasteiger partial charge in [-0.15, -0.1) is 0 Å². The molecular formula is C25H28N2O5S. The van der Waals surface area contributed by atoms with Crippen LogP contribution in [0.4, 0.5) is 0 Å². The second-order valence-corrected chi connectivity index (χ2v) is 10.1.